The maximum atomic E-state index is 14.2. The first kappa shape index (κ1) is 16.4. The van der Waals surface area contributed by atoms with Crippen LogP contribution in [0.2, 0.25) is 0 Å². The summed E-state index contributed by atoms with van der Waals surface area (Å²) >= 11 is 1.90. The van der Waals surface area contributed by atoms with Crippen LogP contribution in [0, 0.1) is 15.2 Å². The molecule has 23 heavy (non-hydrogen) atoms. The van der Waals surface area contributed by atoms with Gasteiger partial charge in [0.25, 0.3) is 0 Å². The van der Waals surface area contributed by atoms with Gasteiger partial charge in [-0.05, 0) is 54.3 Å². The zero-order valence-electron chi connectivity index (χ0n) is 12.9. The van der Waals surface area contributed by atoms with Crippen LogP contribution >= 0.6 is 22.6 Å². The molecule has 1 aromatic heterocycles. The second-order valence-corrected chi connectivity index (χ2v) is 6.85. The number of benzene rings is 1. The van der Waals surface area contributed by atoms with Crippen molar-refractivity contribution < 1.29 is 8.78 Å². The number of hydrogen-bond acceptors (Lipinski definition) is 3. The summed E-state index contributed by atoms with van der Waals surface area (Å²) in [6, 6.07) is 2.68. The van der Waals surface area contributed by atoms with Crippen LogP contribution in [0.4, 0.5) is 14.5 Å². The highest BCUT2D eigenvalue weighted by atomic mass is 127. The average molecular weight is 430 g/mol. The Labute approximate surface area is 147 Å². The van der Waals surface area contributed by atoms with Crippen molar-refractivity contribution in [3.63, 3.8) is 0 Å². The van der Waals surface area contributed by atoms with Crippen molar-refractivity contribution in [3.05, 3.63) is 57.6 Å². The zero-order chi connectivity index (χ0) is 16.6. The minimum atomic E-state index is -0.556. The molecular formula is C16H17F2IN4. The molecule has 1 N–H and O–H groups in total. The van der Waals surface area contributed by atoms with E-state index < -0.39 is 11.6 Å². The van der Waals surface area contributed by atoms with Crippen molar-refractivity contribution in [2.45, 2.75) is 18.9 Å². The van der Waals surface area contributed by atoms with Crippen LogP contribution in [0.5, 0.6) is 0 Å². The summed E-state index contributed by atoms with van der Waals surface area (Å²) in [4.78, 5) is 3.66. The highest BCUT2D eigenvalue weighted by molar-refractivity contribution is 14.1. The largest absolute Gasteiger partial charge is 0.330 e. The number of nitrogens with zero attached hydrogens (tertiary/aromatic N) is 3. The highest BCUT2D eigenvalue weighted by Crippen LogP contribution is 2.37. The summed E-state index contributed by atoms with van der Waals surface area (Å²) in [6.45, 7) is 2.46. The van der Waals surface area contributed by atoms with Crippen LogP contribution in [0.1, 0.15) is 18.9 Å². The molecule has 3 rings (SSSR count). The molecule has 1 aromatic carbocycles. The molecule has 0 aliphatic carbocycles. The molecule has 0 radical (unpaired) electrons. The van der Waals surface area contributed by atoms with Gasteiger partial charge in [-0.1, -0.05) is 6.92 Å². The molecule has 2 heterocycles. The molecule has 7 heteroatoms. The maximum Gasteiger partial charge on any atom is 0.150 e. The summed E-state index contributed by atoms with van der Waals surface area (Å²) in [5, 5.41) is 6.85. The zero-order valence-corrected chi connectivity index (χ0v) is 15.0. The summed E-state index contributed by atoms with van der Waals surface area (Å²) in [5.41, 5.74) is 0.673. The summed E-state index contributed by atoms with van der Waals surface area (Å²) < 4.78 is 29.0. The van der Waals surface area contributed by atoms with Gasteiger partial charge in [-0.15, -0.1) is 0 Å². The summed E-state index contributed by atoms with van der Waals surface area (Å²) in [6.07, 6.45) is 8.19. The smallest absolute Gasteiger partial charge is 0.150 e. The molecule has 1 aliphatic rings. The van der Waals surface area contributed by atoms with Crippen LogP contribution in [0.3, 0.4) is 0 Å². The second kappa shape index (κ2) is 6.20. The monoisotopic (exact) mass is 430 g/mol. The van der Waals surface area contributed by atoms with E-state index in [2.05, 4.69) is 22.0 Å². The first-order chi connectivity index (χ1) is 11.0. The lowest BCUT2D eigenvalue weighted by Gasteiger charge is -2.44. The van der Waals surface area contributed by atoms with Crippen LogP contribution < -0.4 is 4.90 Å². The van der Waals surface area contributed by atoms with Gasteiger partial charge in [0.2, 0.25) is 0 Å². The van der Waals surface area contributed by atoms with Gasteiger partial charge in [0.1, 0.15) is 5.69 Å². The standard InChI is InChI=1S/C16H17F2IN4/c1-3-16(11-8-20-21-9-11)4-5-23(10-22(16)2)15-13(17)6-12(19)7-14(15)18/h4-9H,3,10H2,1-2H3,(H,20,21). The van der Waals surface area contributed by atoms with Crippen molar-refractivity contribution >= 4 is 28.3 Å². The molecule has 1 atom stereocenters. The molecule has 1 aliphatic heterocycles. The Bertz CT molecular complexity index is 709. The number of aromatic nitrogens is 2. The first-order valence-corrected chi connectivity index (χ1v) is 8.37. The molecule has 0 spiro atoms. The van der Waals surface area contributed by atoms with Gasteiger partial charge in [-0.2, -0.15) is 5.10 Å². The third-order valence-corrected chi connectivity index (χ3v) is 5.00. The van der Waals surface area contributed by atoms with Gasteiger partial charge in [0.05, 0.1) is 18.4 Å². The van der Waals surface area contributed by atoms with Gasteiger partial charge >= 0.3 is 0 Å². The molecule has 1 unspecified atom stereocenters. The van der Waals surface area contributed by atoms with E-state index in [9.17, 15) is 8.78 Å². The van der Waals surface area contributed by atoms with E-state index in [0.29, 0.717) is 10.2 Å². The lowest BCUT2D eigenvalue weighted by molar-refractivity contribution is 0.154. The number of H-pyrrole nitrogens is 1. The first-order valence-electron chi connectivity index (χ1n) is 7.29. The molecule has 122 valence electrons. The number of likely N-dealkylation sites (N-methyl/N-ethyl adjacent to an activating group) is 1. The molecule has 0 saturated heterocycles. The quantitative estimate of drug-likeness (QED) is 0.753. The van der Waals surface area contributed by atoms with Gasteiger partial charge in [-0.25, -0.2) is 8.78 Å². The lowest BCUT2D eigenvalue weighted by Crippen LogP contribution is -2.50. The SMILES string of the molecule is CCC1(c2cn[nH]c2)C=CN(c2c(F)cc(I)cc2F)CN1C. The topological polar surface area (TPSA) is 35.2 Å². The molecule has 0 bridgehead atoms. The predicted molar refractivity (Wildman–Crippen MR) is 93.9 cm³/mol. The van der Waals surface area contributed by atoms with Gasteiger partial charge < -0.3 is 4.90 Å². The minimum Gasteiger partial charge on any atom is -0.330 e. The number of anilines is 1. The Kier molecular flexibility index (Phi) is 4.41. The fourth-order valence-electron chi connectivity index (χ4n) is 3.09. The summed E-state index contributed by atoms with van der Waals surface area (Å²) in [7, 11) is 1.94. The number of rotatable bonds is 3. The van der Waals surface area contributed by atoms with Crippen LogP contribution in [-0.2, 0) is 5.54 Å². The number of hydrogen-bond donors (Lipinski definition) is 1. The third kappa shape index (κ3) is 2.76. The van der Waals surface area contributed by atoms with Crippen LogP contribution in [0.25, 0.3) is 0 Å². The van der Waals surface area contributed by atoms with Crippen molar-refractivity contribution in [2.24, 2.45) is 0 Å². The molecule has 0 fully saturated rings. The maximum absolute atomic E-state index is 14.2. The molecule has 2 aromatic rings. The average Bonchev–Trinajstić information content (AvgIpc) is 3.01. The third-order valence-electron chi connectivity index (χ3n) is 4.38. The van der Waals surface area contributed by atoms with E-state index in [4.69, 9.17) is 0 Å². The second-order valence-electron chi connectivity index (χ2n) is 5.61. The summed E-state index contributed by atoms with van der Waals surface area (Å²) in [5.74, 6) is -1.11. The number of nitrogens with one attached hydrogen (secondary N) is 1. The van der Waals surface area contributed by atoms with Crippen molar-refractivity contribution in [1.82, 2.24) is 15.1 Å². The Morgan fingerprint density at radius 2 is 2.04 bits per heavy atom. The van der Waals surface area contributed by atoms with Crippen molar-refractivity contribution in [1.29, 1.82) is 0 Å². The van der Waals surface area contributed by atoms with E-state index >= 15 is 0 Å². The van der Waals surface area contributed by atoms with E-state index in [1.807, 2.05) is 41.9 Å². The molecule has 0 saturated carbocycles. The fourth-order valence-corrected chi connectivity index (χ4v) is 3.64. The number of aromatic amines is 1. The van der Waals surface area contributed by atoms with Gasteiger partial charge in [0.15, 0.2) is 11.6 Å². The van der Waals surface area contributed by atoms with Crippen molar-refractivity contribution in [2.75, 3.05) is 18.6 Å². The fraction of sp³-hybridized carbons (Fsp3) is 0.312. The highest BCUT2D eigenvalue weighted by Gasteiger charge is 2.37. The lowest BCUT2D eigenvalue weighted by atomic mass is 9.87. The normalized spacial score (nSPS) is 21.9. The van der Waals surface area contributed by atoms with Crippen molar-refractivity contribution in [3.8, 4) is 0 Å². The van der Waals surface area contributed by atoms with E-state index in [1.54, 1.807) is 17.3 Å². The van der Waals surface area contributed by atoms with Gasteiger partial charge in [-0.3, -0.25) is 10.00 Å². The minimum absolute atomic E-state index is 0.0228. The predicted octanol–water partition coefficient (Wildman–Crippen LogP) is 3.82. The molecule has 0 amide bonds. The van der Waals surface area contributed by atoms with Gasteiger partial charge in [0, 0.05) is 21.5 Å². The van der Waals surface area contributed by atoms with Crippen LogP contribution in [-0.4, -0.2) is 28.8 Å². The van der Waals surface area contributed by atoms with Crippen LogP contribution in [0.15, 0.2) is 36.8 Å². The van der Waals surface area contributed by atoms with E-state index in [0.717, 1.165) is 12.0 Å². The Morgan fingerprint density at radius 1 is 1.35 bits per heavy atom. The Morgan fingerprint density at radius 3 is 2.57 bits per heavy atom. The van der Waals surface area contributed by atoms with E-state index in [1.165, 1.54) is 12.1 Å². The van der Waals surface area contributed by atoms with E-state index in [-0.39, 0.29) is 11.2 Å². The Hall–Kier alpha value is -1.48. The Balaban J connectivity index is 2.01. The number of halogens is 3. The molecular weight excluding hydrogens is 413 g/mol. The molecule has 4 nitrogen and oxygen atoms in total.